The van der Waals surface area contributed by atoms with Crippen LogP contribution < -0.4 is 5.43 Å². The van der Waals surface area contributed by atoms with Crippen LogP contribution in [0.5, 0.6) is 0 Å². The molecule has 0 aliphatic heterocycles. The third-order valence-corrected chi connectivity index (χ3v) is 2.14. The first-order valence-electron chi connectivity index (χ1n) is 5.10. The van der Waals surface area contributed by atoms with Gasteiger partial charge in [-0.3, -0.25) is 4.79 Å². The number of carbonyl (C=O) groups excluding carboxylic acids is 1. The number of amides is 1. The van der Waals surface area contributed by atoms with Crippen molar-refractivity contribution in [1.29, 1.82) is 0 Å². The topological polar surface area (TPSA) is 73.4 Å². The van der Waals surface area contributed by atoms with Gasteiger partial charge in [-0.2, -0.15) is 5.10 Å². The molecule has 0 atom stereocenters. The van der Waals surface area contributed by atoms with E-state index in [1.165, 1.54) is 6.34 Å². The number of hydrogen-bond acceptors (Lipinski definition) is 3. The van der Waals surface area contributed by atoms with E-state index >= 15 is 0 Å². The highest BCUT2D eigenvalue weighted by atomic mass is 16.2. The van der Waals surface area contributed by atoms with Crippen molar-refractivity contribution in [1.82, 2.24) is 20.3 Å². The normalized spacial score (nSPS) is 10.9. The van der Waals surface area contributed by atoms with Crippen LogP contribution in [-0.2, 0) is 0 Å². The minimum atomic E-state index is -0.256. The summed E-state index contributed by atoms with van der Waals surface area (Å²) < 4.78 is 0. The van der Waals surface area contributed by atoms with Gasteiger partial charge in [0.1, 0.15) is 6.34 Å². The highest BCUT2D eigenvalue weighted by molar-refractivity contribution is 5.97. The molecular formula is C11H13N5O. The molecule has 1 amide bonds. The quantitative estimate of drug-likeness (QED) is 0.466. The molecule has 0 saturated heterocycles. The predicted molar refractivity (Wildman–Crippen MR) is 65.7 cm³/mol. The standard InChI is InChI=1S/C11H13N5O/c1-16(2)7-14-15-11(17)8-3-4-9-10(5-8)13-6-12-9/h3-7H,1-2H3,(H,12,13)(H,15,17)/b14-7+. The maximum atomic E-state index is 11.7. The summed E-state index contributed by atoms with van der Waals surface area (Å²) in [6.07, 6.45) is 3.11. The van der Waals surface area contributed by atoms with Crippen LogP contribution >= 0.6 is 0 Å². The van der Waals surface area contributed by atoms with Gasteiger partial charge in [0.25, 0.3) is 5.91 Å². The molecule has 1 aromatic carbocycles. The molecule has 0 saturated carbocycles. The van der Waals surface area contributed by atoms with E-state index in [1.807, 2.05) is 20.2 Å². The van der Waals surface area contributed by atoms with Crippen LogP contribution in [0.2, 0.25) is 0 Å². The van der Waals surface area contributed by atoms with E-state index in [0.717, 1.165) is 11.0 Å². The number of imidazole rings is 1. The fraction of sp³-hybridized carbons (Fsp3) is 0.182. The van der Waals surface area contributed by atoms with Gasteiger partial charge >= 0.3 is 0 Å². The van der Waals surface area contributed by atoms with Crippen molar-refractivity contribution in [3.8, 4) is 0 Å². The van der Waals surface area contributed by atoms with Crippen molar-refractivity contribution < 1.29 is 4.79 Å². The van der Waals surface area contributed by atoms with E-state index in [0.29, 0.717) is 5.56 Å². The fourth-order valence-electron chi connectivity index (χ4n) is 1.34. The largest absolute Gasteiger partial charge is 0.367 e. The average molecular weight is 231 g/mol. The van der Waals surface area contributed by atoms with E-state index in [-0.39, 0.29) is 5.91 Å². The number of rotatable bonds is 3. The molecule has 0 bridgehead atoms. The second-order valence-electron chi connectivity index (χ2n) is 3.78. The number of H-pyrrole nitrogens is 1. The summed E-state index contributed by atoms with van der Waals surface area (Å²) in [5, 5.41) is 3.79. The van der Waals surface area contributed by atoms with Crippen LogP contribution in [0.3, 0.4) is 0 Å². The second-order valence-corrected chi connectivity index (χ2v) is 3.78. The van der Waals surface area contributed by atoms with Gasteiger partial charge in [-0.05, 0) is 18.2 Å². The maximum Gasteiger partial charge on any atom is 0.271 e. The first-order valence-corrected chi connectivity index (χ1v) is 5.10. The molecule has 88 valence electrons. The minimum Gasteiger partial charge on any atom is -0.367 e. The number of nitrogens with one attached hydrogen (secondary N) is 2. The van der Waals surface area contributed by atoms with Gasteiger partial charge in [0.05, 0.1) is 17.4 Å². The van der Waals surface area contributed by atoms with Gasteiger partial charge in [-0.15, -0.1) is 0 Å². The molecule has 0 fully saturated rings. The molecule has 17 heavy (non-hydrogen) atoms. The van der Waals surface area contributed by atoms with Gasteiger partial charge < -0.3 is 9.88 Å². The maximum absolute atomic E-state index is 11.7. The van der Waals surface area contributed by atoms with Crippen molar-refractivity contribution in [3.63, 3.8) is 0 Å². The molecule has 2 N–H and O–H groups in total. The summed E-state index contributed by atoms with van der Waals surface area (Å²) in [5.41, 5.74) is 4.63. The van der Waals surface area contributed by atoms with Crippen LogP contribution in [0.25, 0.3) is 11.0 Å². The third kappa shape index (κ3) is 2.60. The highest BCUT2D eigenvalue weighted by Gasteiger charge is 2.05. The number of benzene rings is 1. The molecule has 0 unspecified atom stereocenters. The Kier molecular flexibility index (Phi) is 3.04. The number of aromatic amines is 1. The number of hydrazone groups is 1. The zero-order valence-corrected chi connectivity index (χ0v) is 9.64. The zero-order valence-electron chi connectivity index (χ0n) is 9.64. The molecule has 2 rings (SSSR count). The van der Waals surface area contributed by atoms with Crippen molar-refractivity contribution in [3.05, 3.63) is 30.1 Å². The van der Waals surface area contributed by atoms with Gasteiger partial charge in [-0.1, -0.05) is 0 Å². The molecule has 6 nitrogen and oxygen atoms in total. The fourth-order valence-corrected chi connectivity index (χ4v) is 1.34. The summed E-state index contributed by atoms with van der Waals surface area (Å²) >= 11 is 0. The molecule has 0 aliphatic carbocycles. The molecule has 0 spiro atoms. The van der Waals surface area contributed by atoms with E-state index in [2.05, 4.69) is 20.5 Å². The van der Waals surface area contributed by atoms with Gasteiger partial charge in [0, 0.05) is 19.7 Å². The number of fused-ring (bicyclic) bond motifs is 1. The molecule has 1 heterocycles. The first-order chi connectivity index (χ1) is 8.16. The van der Waals surface area contributed by atoms with Crippen molar-refractivity contribution in [2.75, 3.05) is 14.1 Å². The molecular weight excluding hydrogens is 218 g/mol. The minimum absolute atomic E-state index is 0.256. The smallest absolute Gasteiger partial charge is 0.271 e. The molecule has 2 aromatic rings. The van der Waals surface area contributed by atoms with Crippen LogP contribution in [0.1, 0.15) is 10.4 Å². The number of nitrogens with zero attached hydrogens (tertiary/aromatic N) is 3. The summed E-state index contributed by atoms with van der Waals surface area (Å²) in [4.78, 5) is 20.5. The summed E-state index contributed by atoms with van der Waals surface area (Å²) in [7, 11) is 3.65. The Bertz CT molecular complexity index is 558. The predicted octanol–water partition coefficient (Wildman–Crippen LogP) is 0.798. The van der Waals surface area contributed by atoms with E-state index in [9.17, 15) is 4.79 Å². The Labute approximate surface area is 98.3 Å². The van der Waals surface area contributed by atoms with Crippen LogP contribution in [0.4, 0.5) is 0 Å². The lowest BCUT2D eigenvalue weighted by Gasteiger charge is -2.03. The Hall–Kier alpha value is -2.37. The highest BCUT2D eigenvalue weighted by Crippen LogP contribution is 2.11. The van der Waals surface area contributed by atoms with E-state index < -0.39 is 0 Å². The lowest BCUT2D eigenvalue weighted by Crippen LogP contribution is -2.20. The molecule has 0 radical (unpaired) electrons. The Morgan fingerprint density at radius 1 is 1.53 bits per heavy atom. The number of aromatic nitrogens is 2. The van der Waals surface area contributed by atoms with Crippen LogP contribution in [0.15, 0.2) is 29.6 Å². The summed E-state index contributed by atoms with van der Waals surface area (Å²) in [6, 6.07) is 5.25. The Morgan fingerprint density at radius 3 is 3.12 bits per heavy atom. The monoisotopic (exact) mass is 231 g/mol. The van der Waals surface area contributed by atoms with Gasteiger partial charge in [0.2, 0.25) is 0 Å². The van der Waals surface area contributed by atoms with E-state index in [1.54, 1.807) is 23.4 Å². The third-order valence-electron chi connectivity index (χ3n) is 2.14. The zero-order chi connectivity index (χ0) is 12.3. The number of carbonyl (C=O) groups is 1. The second kappa shape index (κ2) is 4.65. The molecule has 6 heteroatoms. The average Bonchev–Trinajstić information content (AvgIpc) is 2.75. The van der Waals surface area contributed by atoms with Crippen molar-refractivity contribution in [2.45, 2.75) is 0 Å². The van der Waals surface area contributed by atoms with Crippen molar-refractivity contribution >= 4 is 23.3 Å². The van der Waals surface area contributed by atoms with Crippen LogP contribution in [0, 0.1) is 0 Å². The Morgan fingerprint density at radius 2 is 2.35 bits per heavy atom. The molecule has 1 aromatic heterocycles. The Balaban J connectivity index is 2.13. The van der Waals surface area contributed by atoms with E-state index in [4.69, 9.17) is 0 Å². The number of hydrogen-bond donors (Lipinski definition) is 2. The summed E-state index contributed by atoms with van der Waals surface area (Å²) in [6.45, 7) is 0. The first kappa shape index (κ1) is 11.1. The van der Waals surface area contributed by atoms with Crippen molar-refractivity contribution in [2.24, 2.45) is 5.10 Å². The molecule has 0 aliphatic rings. The van der Waals surface area contributed by atoms with Gasteiger partial charge in [-0.25, -0.2) is 10.4 Å². The SMILES string of the molecule is CN(C)/C=N/NC(=O)c1ccc2[nH]cnc2c1. The lowest BCUT2D eigenvalue weighted by molar-refractivity contribution is 0.0955. The summed E-state index contributed by atoms with van der Waals surface area (Å²) in [5.74, 6) is -0.256. The lowest BCUT2D eigenvalue weighted by atomic mass is 10.2. The van der Waals surface area contributed by atoms with Gasteiger partial charge in [0.15, 0.2) is 0 Å². The van der Waals surface area contributed by atoms with Crippen LogP contribution in [-0.4, -0.2) is 41.2 Å².